The van der Waals surface area contributed by atoms with Crippen molar-refractivity contribution in [3.63, 3.8) is 0 Å². The highest BCUT2D eigenvalue weighted by Crippen LogP contribution is 2.23. The largest absolute Gasteiger partial charge is 0.370 e. The molecule has 1 aliphatic rings. The zero-order valence-electron chi connectivity index (χ0n) is 10.8. The number of nitrogens with two attached hydrogens (primary N) is 1. The lowest BCUT2D eigenvalue weighted by atomic mass is 10.0. The standard InChI is InChI=1S/C12H21N5S/c1-2-14-10-7-11(17-12(13)16-10)15-8-9-3-5-18-6-4-9/h7,9H,2-6,8H2,1H3,(H4,13,14,15,16,17). The highest BCUT2D eigenvalue weighted by Gasteiger charge is 2.13. The number of nitrogens with one attached hydrogen (secondary N) is 2. The Bertz CT molecular complexity index is 379. The van der Waals surface area contributed by atoms with Crippen LogP contribution in [-0.4, -0.2) is 34.6 Å². The van der Waals surface area contributed by atoms with Crippen LogP contribution in [0.3, 0.4) is 0 Å². The Morgan fingerprint density at radius 3 is 2.61 bits per heavy atom. The van der Waals surface area contributed by atoms with Gasteiger partial charge in [0.1, 0.15) is 11.6 Å². The zero-order chi connectivity index (χ0) is 12.8. The minimum Gasteiger partial charge on any atom is -0.370 e. The highest BCUT2D eigenvalue weighted by molar-refractivity contribution is 7.99. The fraction of sp³-hybridized carbons (Fsp3) is 0.667. The molecule has 2 heterocycles. The Morgan fingerprint density at radius 2 is 1.94 bits per heavy atom. The maximum atomic E-state index is 5.69. The molecule has 0 amide bonds. The van der Waals surface area contributed by atoms with E-state index in [9.17, 15) is 0 Å². The highest BCUT2D eigenvalue weighted by atomic mass is 32.2. The predicted octanol–water partition coefficient (Wildman–Crippen LogP) is 2.05. The molecular weight excluding hydrogens is 246 g/mol. The normalized spacial score (nSPS) is 16.5. The maximum Gasteiger partial charge on any atom is 0.223 e. The van der Waals surface area contributed by atoms with E-state index in [0.29, 0.717) is 5.95 Å². The lowest BCUT2D eigenvalue weighted by Crippen LogP contribution is -2.20. The summed E-state index contributed by atoms with van der Waals surface area (Å²) in [7, 11) is 0. The van der Waals surface area contributed by atoms with Gasteiger partial charge in [-0.25, -0.2) is 0 Å². The molecule has 1 aliphatic heterocycles. The summed E-state index contributed by atoms with van der Waals surface area (Å²) in [6.07, 6.45) is 2.58. The monoisotopic (exact) mass is 267 g/mol. The number of rotatable bonds is 5. The van der Waals surface area contributed by atoms with Crippen LogP contribution in [0.1, 0.15) is 19.8 Å². The molecule has 0 aromatic carbocycles. The minimum atomic E-state index is 0.315. The molecule has 5 nitrogen and oxygen atoms in total. The number of thioether (sulfide) groups is 1. The van der Waals surface area contributed by atoms with E-state index in [1.807, 2.05) is 24.8 Å². The molecule has 0 saturated carbocycles. The average Bonchev–Trinajstić information content (AvgIpc) is 2.37. The summed E-state index contributed by atoms with van der Waals surface area (Å²) in [6, 6.07) is 1.91. The fourth-order valence-electron chi connectivity index (χ4n) is 2.03. The number of aromatic nitrogens is 2. The van der Waals surface area contributed by atoms with Crippen LogP contribution in [0, 0.1) is 5.92 Å². The molecule has 1 fully saturated rings. The van der Waals surface area contributed by atoms with Gasteiger partial charge in [0.25, 0.3) is 0 Å². The molecule has 2 rings (SSSR count). The first kappa shape index (κ1) is 13.3. The van der Waals surface area contributed by atoms with Gasteiger partial charge in [-0.05, 0) is 37.2 Å². The second kappa shape index (κ2) is 6.68. The van der Waals surface area contributed by atoms with E-state index < -0.39 is 0 Å². The van der Waals surface area contributed by atoms with Gasteiger partial charge < -0.3 is 16.4 Å². The van der Waals surface area contributed by atoms with Crippen LogP contribution in [0.25, 0.3) is 0 Å². The first-order chi connectivity index (χ1) is 8.78. The van der Waals surface area contributed by atoms with Gasteiger partial charge in [0.2, 0.25) is 5.95 Å². The second-order valence-corrected chi connectivity index (χ2v) is 5.69. The molecule has 0 aliphatic carbocycles. The molecule has 1 aromatic heterocycles. The van der Waals surface area contributed by atoms with Crippen molar-refractivity contribution in [1.29, 1.82) is 0 Å². The Morgan fingerprint density at radius 1 is 1.28 bits per heavy atom. The summed E-state index contributed by atoms with van der Waals surface area (Å²) in [5.74, 6) is 5.23. The van der Waals surface area contributed by atoms with Crippen molar-refractivity contribution in [3.05, 3.63) is 6.07 Å². The molecule has 1 saturated heterocycles. The van der Waals surface area contributed by atoms with Gasteiger partial charge in [0, 0.05) is 19.2 Å². The van der Waals surface area contributed by atoms with Crippen LogP contribution in [0.5, 0.6) is 0 Å². The number of nitrogens with zero attached hydrogens (tertiary/aromatic N) is 2. The van der Waals surface area contributed by atoms with Gasteiger partial charge in [-0.3, -0.25) is 0 Å². The molecule has 0 bridgehead atoms. The molecule has 4 N–H and O–H groups in total. The summed E-state index contributed by atoms with van der Waals surface area (Å²) in [4.78, 5) is 8.34. The zero-order valence-corrected chi connectivity index (χ0v) is 11.6. The lowest BCUT2D eigenvalue weighted by Gasteiger charge is -2.21. The number of hydrogen-bond acceptors (Lipinski definition) is 6. The number of anilines is 3. The first-order valence-electron chi connectivity index (χ1n) is 6.48. The predicted molar refractivity (Wildman–Crippen MR) is 79.1 cm³/mol. The average molecular weight is 267 g/mol. The molecule has 18 heavy (non-hydrogen) atoms. The molecule has 0 atom stereocenters. The van der Waals surface area contributed by atoms with Gasteiger partial charge in [-0.1, -0.05) is 0 Å². The van der Waals surface area contributed by atoms with Crippen molar-refractivity contribution in [2.24, 2.45) is 5.92 Å². The van der Waals surface area contributed by atoms with Crippen molar-refractivity contribution in [2.75, 3.05) is 41.0 Å². The van der Waals surface area contributed by atoms with E-state index >= 15 is 0 Å². The summed E-state index contributed by atoms with van der Waals surface area (Å²) in [5.41, 5.74) is 5.69. The van der Waals surface area contributed by atoms with E-state index in [0.717, 1.165) is 30.6 Å². The van der Waals surface area contributed by atoms with E-state index in [1.54, 1.807) is 0 Å². The number of nitrogen functional groups attached to an aromatic ring is 1. The third-order valence-electron chi connectivity index (χ3n) is 3.01. The molecule has 0 spiro atoms. The third kappa shape index (κ3) is 3.94. The van der Waals surface area contributed by atoms with Crippen LogP contribution in [0.4, 0.5) is 17.6 Å². The third-order valence-corrected chi connectivity index (χ3v) is 4.06. The van der Waals surface area contributed by atoms with Crippen LogP contribution >= 0.6 is 11.8 Å². The second-order valence-electron chi connectivity index (χ2n) is 4.46. The van der Waals surface area contributed by atoms with E-state index in [2.05, 4.69) is 20.6 Å². The fourth-order valence-corrected chi connectivity index (χ4v) is 3.23. The summed E-state index contributed by atoms with van der Waals surface area (Å²) >= 11 is 2.05. The molecule has 0 radical (unpaired) electrons. The first-order valence-corrected chi connectivity index (χ1v) is 7.63. The van der Waals surface area contributed by atoms with Gasteiger partial charge in [-0.15, -0.1) is 0 Å². The summed E-state index contributed by atoms with van der Waals surface area (Å²) in [6.45, 7) is 3.84. The van der Waals surface area contributed by atoms with Crippen molar-refractivity contribution < 1.29 is 0 Å². The Hall–Kier alpha value is -1.17. The Kier molecular flexibility index (Phi) is 4.92. The molecule has 100 valence electrons. The van der Waals surface area contributed by atoms with Crippen molar-refractivity contribution in [1.82, 2.24) is 9.97 Å². The Labute approximate surface area is 112 Å². The van der Waals surface area contributed by atoms with Crippen LogP contribution in [0.15, 0.2) is 6.07 Å². The van der Waals surface area contributed by atoms with Crippen molar-refractivity contribution >= 4 is 29.3 Å². The quantitative estimate of drug-likeness (QED) is 0.758. The van der Waals surface area contributed by atoms with E-state index in [4.69, 9.17) is 5.73 Å². The SMILES string of the molecule is CCNc1cc(NCC2CCSCC2)nc(N)n1. The smallest absolute Gasteiger partial charge is 0.223 e. The Balaban J connectivity index is 1.91. The topological polar surface area (TPSA) is 75.9 Å². The van der Waals surface area contributed by atoms with Crippen LogP contribution < -0.4 is 16.4 Å². The molecule has 0 unspecified atom stereocenters. The molecule has 1 aromatic rings. The lowest BCUT2D eigenvalue weighted by molar-refractivity contribution is 0.515. The molecular formula is C12H21N5S. The molecule has 6 heteroatoms. The van der Waals surface area contributed by atoms with Crippen molar-refractivity contribution in [3.8, 4) is 0 Å². The van der Waals surface area contributed by atoms with Crippen molar-refractivity contribution in [2.45, 2.75) is 19.8 Å². The van der Waals surface area contributed by atoms with Gasteiger partial charge in [0.05, 0.1) is 0 Å². The summed E-state index contributed by atoms with van der Waals surface area (Å²) in [5, 5.41) is 6.53. The maximum absolute atomic E-state index is 5.69. The van der Waals surface area contributed by atoms with E-state index in [-0.39, 0.29) is 0 Å². The van der Waals surface area contributed by atoms with Gasteiger partial charge in [0.15, 0.2) is 0 Å². The summed E-state index contributed by atoms with van der Waals surface area (Å²) < 4.78 is 0. The van der Waals surface area contributed by atoms with E-state index in [1.165, 1.54) is 24.3 Å². The van der Waals surface area contributed by atoms with Crippen LogP contribution in [0.2, 0.25) is 0 Å². The number of hydrogen-bond donors (Lipinski definition) is 3. The minimum absolute atomic E-state index is 0.315. The van der Waals surface area contributed by atoms with Gasteiger partial charge >= 0.3 is 0 Å². The van der Waals surface area contributed by atoms with Crippen LogP contribution in [-0.2, 0) is 0 Å². The van der Waals surface area contributed by atoms with Gasteiger partial charge in [-0.2, -0.15) is 21.7 Å².